The molecule has 3 unspecified atom stereocenters. The van der Waals surface area contributed by atoms with E-state index in [0.29, 0.717) is 5.88 Å². The number of hydrogen-bond donors (Lipinski definition) is 0. The Balaban J connectivity index is 1.75. The molecule has 0 N–H and O–H groups in total. The largest absolute Gasteiger partial charge is 0.359 e. The fourth-order valence-electron chi connectivity index (χ4n) is 4.36. The summed E-state index contributed by atoms with van der Waals surface area (Å²) in [4.78, 5) is 2.38. The summed E-state index contributed by atoms with van der Waals surface area (Å²) in [6.07, 6.45) is 5.84. The van der Waals surface area contributed by atoms with Crippen molar-refractivity contribution in [1.82, 2.24) is 9.78 Å². The van der Waals surface area contributed by atoms with Crippen molar-refractivity contribution in [3.8, 4) is 0 Å². The van der Waals surface area contributed by atoms with Gasteiger partial charge >= 0.3 is 0 Å². The van der Waals surface area contributed by atoms with Gasteiger partial charge in [0.05, 0.1) is 11.6 Å². The molecule has 106 valence electrons. The number of aryl methyl sites for hydroxylation is 2. The Bertz CT molecular complexity index is 468. The quantitative estimate of drug-likeness (QED) is 0.790. The number of halogens is 1. The van der Waals surface area contributed by atoms with Crippen molar-refractivity contribution in [3.63, 3.8) is 0 Å². The van der Waals surface area contributed by atoms with E-state index in [-0.39, 0.29) is 0 Å². The van der Waals surface area contributed by atoms with E-state index in [0.717, 1.165) is 30.0 Å². The second-order valence-corrected chi connectivity index (χ2v) is 6.73. The highest BCUT2D eigenvalue weighted by atomic mass is 35.5. The second kappa shape index (κ2) is 5.01. The van der Waals surface area contributed by atoms with Crippen LogP contribution >= 0.6 is 11.6 Å². The molecule has 0 amide bonds. The molecular formula is C15H24ClN3. The van der Waals surface area contributed by atoms with Gasteiger partial charge in [-0.05, 0) is 43.9 Å². The maximum atomic E-state index is 6.09. The van der Waals surface area contributed by atoms with Crippen molar-refractivity contribution in [3.05, 3.63) is 11.3 Å². The second-order valence-electron chi connectivity index (χ2n) is 6.46. The van der Waals surface area contributed by atoms with Gasteiger partial charge in [0.2, 0.25) is 0 Å². The number of fused-ring (bicyclic) bond motifs is 2. The molecule has 1 aromatic heterocycles. The van der Waals surface area contributed by atoms with Crippen LogP contribution in [0.25, 0.3) is 0 Å². The van der Waals surface area contributed by atoms with Crippen molar-refractivity contribution in [1.29, 1.82) is 0 Å². The van der Waals surface area contributed by atoms with Crippen molar-refractivity contribution >= 4 is 17.4 Å². The number of rotatable bonds is 4. The molecule has 0 aliphatic heterocycles. The first-order chi connectivity index (χ1) is 9.10. The van der Waals surface area contributed by atoms with Crippen LogP contribution in [0.1, 0.15) is 36.9 Å². The minimum atomic E-state index is 0.552. The average Bonchev–Trinajstić information content (AvgIpc) is 3.02. The summed E-state index contributed by atoms with van der Waals surface area (Å²) in [7, 11) is 4.22. The molecule has 3 rings (SSSR count). The van der Waals surface area contributed by atoms with Gasteiger partial charge < -0.3 is 4.90 Å². The van der Waals surface area contributed by atoms with Gasteiger partial charge in [0.25, 0.3) is 0 Å². The fraction of sp³-hybridized carbons (Fsp3) is 0.800. The van der Waals surface area contributed by atoms with Crippen molar-refractivity contribution < 1.29 is 0 Å². The van der Waals surface area contributed by atoms with Crippen LogP contribution in [0.5, 0.6) is 0 Å². The lowest BCUT2D eigenvalue weighted by Gasteiger charge is -2.29. The highest BCUT2D eigenvalue weighted by molar-refractivity contribution is 6.17. The van der Waals surface area contributed by atoms with Crippen LogP contribution < -0.4 is 4.90 Å². The van der Waals surface area contributed by atoms with E-state index in [1.54, 1.807) is 0 Å². The smallest absolute Gasteiger partial charge is 0.130 e. The number of nitrogens with zero attached hydrogens (tertiary/aromatic N) is 3. The van der Waals surface area contributed by atoms with Crippen LogP contribution in [0.15, 0.2) is 0 Å². The highest BCUT2D eigenvalue weighted by Gasteiger charge is 2.40. The summed E-state index contributed by atoms with van der Waals surface area (Å²) >= 11 is 6.09. The molecule has 1 heterocycles. The predicted molar refractivity (Wildman–Crippen MR) is 79.7 cm³/mol. The first-order valence-electron chi connectivity index (χ1n) is 7.39. The van der Waals surface area contributed by atoms with Gasteiger partial charge in [0.15, 0.2) is 0 Å². The van der Waals surface area contributed by atoms with Crippen LogP contribution in [-0.2, 0) is 12.9 Å². The van der Waals surface area contributed by atoms with Gasteiger partial charge in [-0.2, -0.15) is 5.10 Å². The highest BCUT2D eigenvalue weighted by Crippen LogP contribution is 2.48. The topological polar surface area (TPSA) is 21.1 Å². The van der Waals surface area contributed by atoms with Gasteiger partial charge in [-0.1, -0.05) is 6.42 Å². The predicted octanol–water partition coefficient (Wildman–Crippen LogP) is 3.34. The molecule has 2 fully saturated rings. The summed E-state index contributed by atoms with van der Waals surface area (Å²) in [5.74, 6) is 4.62. The van der Waals surface area contributed by atoms with Gasteiger partial charge in [0, 0.05) is 26.2 Å². The van der Waals surface area contributed by atoms with Crippen LogP contribution in [0, 0.1) is 24.7 Å². The average molecular weight is 282 g/mol. The van der Waals surface area contributed by atoms with Gasteiger partial charge in [-0.25, -0.2) is 0 Å². The zero-order valence-corrected chi connectivity index (χ0v) is 13.0. The molecule has 3 atom stereocenters. The monoisotopic (exact) mass is 281 g/mol. The maximum Gasteiger partial charge on any atom is 0.130 e. The van der Waals surface area contributed by atoms with E-state index in [2.05, 4.69) is 17.0 Å². The summed E-state index contributed by atoms with van der Waals surface area (Å²) in [5, 5.41) is 4.52. The van der Waals surface area contributed by atoms with E-state index in [1.807, 2.05) is 18.7 Å². The van der Waals surface area contributed by atoms with Crippen LogP contribution in [0.2, 0.25) is 0 Å². The van der Waals surface area contributed by atoms with Crippen molar-refractivity contribution in [2.24, 2.45) is 24.8 Å². The summed E-state index contributed by atoms with van der Waals surface area (Å²) < 4.78 is 1.99. The van der Waals surface area contributed by atoms with E-state index >= 15 is 0 Å². The van der Waals surface area contributed by atoms with E-state index in [4.69, 9.17) is 11.6 Å². The molecule has 0 saturated heterocycles. The van der Waals surface area contributed by atoms with Gasteiger partial charge in [-0.15, -0.1) is 11.6 Å². The lowest BCUT2D eigenvalue weighted by molar-refractivity contribution is 0.336. The maximum absolute atomic E-state index is 6.09. The third kappa shape index (κ3) is 2.26. The summed E-state index contributed by atoms with van der Waals surface area (Å²) in [5.41, 5.74) is 2.25. The summed E-state index contributed by atoms with van der Waals surface area (Å²) in [6, 6.07) is 0. The molecule has 4 heteroatoms. The molecule has 2 bridgehead atoms. The molecule has 2 aliphatic carbocycles. The van der Waals surface area contributed by atoms with Crippen LogP contribution in [-0.4, -0.2) is 23.4 Å². The minimum Gasteiger partial charge on any atom is -0.359 e. The zero-order chi connectivity index (χ0) is 13.6. The lowest BCUT2D eigenvalue weighted by atomic mass is 9.88. The van der Waals surface area contributed by atoms with E-state index < -0.39 is 0 Å². The third-order valence-electron chi connectivity index (χ3n) is 5.20. The Hall–Kier alpha value is -0.700. The number of alkyl halides is 1. The third-order valence-corrected chi connectivity index (χ3v) is 5.47. The van der Waals surface area contributed by atoms with Crippen LogP contribution in [0.4, 0.5) is 5.82 Å². The molecule has 2 aliphatic rings. The molecule has 1 aromatic rings. The number of aromatic nitrogens is 2. The first-order valence-corrected chi connectivity index (χ1v) is 7.93. The molecule has 0 aromatic carbocycles. The Labute approximate surface area is 120 Å². The Morgan fingerprint density at radius 3 is 2.74 bits per heavy atom. The zero-order valence-electron chi connectivity index (χ0n) is 12.2. The normalized spacial score (nSPS) is 29.2. The van der Waals surface area contributed by atoms with Gasteiger partial charge in [-0.3, -0.25) is 4.68 Å². The molecule has 19 heavy (non-hydrogen) atoms. The summed E-state index contributed by atoms with van der Waals surface area (Å²) in [6.45, 7) is 3.20. The van der Waals surface area contributed by atoms with Crippen LogP contribution in [0.3, 0.4) is 0 Å². The van der Waals surface area contributed by atoms with Crippen molar-refractivity contribution in [2.75, 3.05) is 18.5 Å². The number of anilines is 1. The SMILES string of the molecule is Cc1nn(C)c(N(C)CC2CC3CCC2C3)c1CCl. The molecule has 3 nitrogen and oxygen atoms in total. The Morgan fingerprint density at radius 1 is 1.37 bits per heavy atom. The molecule has 0 radical (unpaired) electrons. The first kappa shape index (κ1) is 13.3. The van der Waals surface area contributed by atoms with Crippen molar-refractivity contribution in [2.45, 2.75) is 38.5 Å². The lowest BCUT2D eigenvalue weighted by Crippen LogP contribution is -2.30. The van der Waals surface area contributed by atoms with E-state index in [1.165, 1.54) is 37.1 Å². The molecule has 0 spiro atoms. The minimum absolute atomic E-state index is 0.552. The van der Waals surface area contributed by atoms with Gasteiger partial charge in [0.1, 0.15) is 5.82 Å². The molecule has 2 saturated carbocycles. The Kier molecular flexibility index (Phi) is 3.50. The Morgan fingerprint density at radius 2 is 2.16 bits per heavy atom. The standard InChI is InChI=1S/C15H24ClN3/c1-10-14(8-16)15(19(3)17-10)18(2)9-13-7-11-4-5-12(13)6-11/h11-13H,4-9H2,1-3H3. The van der Waals surface area contributed by atoms with E-state index in [9.17, 15) is 0 Å². The fourth-order valence-corrected chi connectivity index (χ4v) is 4.67. The number of hydrogen-bond acceptors (Lipinski definition) is 2. The molecular weight excluding hydrogens is 258 g/mol.